The van der Waals surface area contributed by atoms with Gasteiger partial charge in [-0.15, -0.1) is 0 Å². The van der Waals surface area contributed by atoms with Gasteiger partial charge in [0.15, 0.2) is 0 Å². The van der Waals surface area contributed by atoms with Crippen LogP contribution >= 0.6 is 0 Å². The molecule has 3 nitrogen and oxygen atoms in total. The molecule has 0 aromatic rings. The summed E-state index contributed by atoms with van der Waals surface area (Å²) in [5.74, 6) is 0. The van der Waals surface area contributed by atoms with Crippen molar-refractivity contribution < 1.29 is 14.6 Å². The Balaban J connectivity index is 3.50. The van der Waals surface area contributed by atoms with E-state index in [1.807, 2.05) is 6.92 Å². The van der Waals surface area contributed by atoms with Gasteiger partial charge in [0.25, 0.3) is 0 Å². The smallest absolute Gasteiger partial charge is 0.106 e. The molecular formula is C6H14O3. The topological polar surface area (TPSA) is 38.7 Å². The average molecular weight is 134 g/mol. The van der Waals surface area contributed by atoms with Gasteiger partial charge >= 0.3 is 0 Å². The molecule has 0 unspecified atom stereocenters. The van der Waals surface area contributed by atoms with E-state index in [1.165, 1.54) is 0 Å². The van der Waals surface area contributed by atoms with E-state index in [9.17, 15) is 0 Å². The molecule has 9 heavy (non-hydrogen) atoms. The zero-order valence-electron chi connectivity index (χ0n) is 6.13. The number of hydrogen-bond donors (Lipinski definition) is 1. The van der Waals surface area contributed by atoms with E-state index in [-0.39, 0.29) is 18.8 Å². The van der Waals surface area contributed by atoms with Gasteiger partial charge in [0.2, 0.25) is 0 Å². The maximum absolute atomic E-state index is 8.62. The van der Waals surface area contributed by atoms with Crippen LogP contribution in [0.4, 0.5) is 0 Å². The van der Waals surface area contributed by atoms with Gasteiger partial charge in [0, 0.05) is 14.2 Å². The lowest BCUT2D eigenvalue weighted by atomic mass is 10.2. The average Bonchev–Trinajstić information content (AvgIpc) is 1.90. The first kappa shape index (κ1) is 8.88. The van der Waals surface area contributed by atoms with E-state index in [1.54, 1.807) is 14.2 Å². The molecule has 2 atom stereocenters. The predicted octanol–water partition coefficient (Wildman–Crippen LogP) is 0.0286. The third-order valence-corrected chi connectivity index (χ3v) is 1.38. The summed E-state index contributed by atoms with van der Waals surface area (Å²) in [4.78, 5) is 0. The number of rotatable bonds is 4. The maximum atomic E-state index is 8.62. The second-order valence-corrected chi connectivity index (χ2v) is 1.90. The Morgan fingerprint density at radius 2 is 1.89 bits per heavy atom. The molecule has 0 aliphatic carbocycles. The van der Waals surface area contributed by atoms with Crippen LogP contribution in [0.1, 0.15) is 6.92 Å². The fraction of sp³-hybridized carbons (Fsp3) is 1.00. The van der Waals surface area contributed by atoms with Crippen molar-refractivity contribution in [3.63, 3.8) is 0 Å². The lowest BCUT2D eigenvalue weighted by Crippen LogP contribution is -2.30. The Bertz CT molecular complexity index is 61.3. The Kier molecular flexibility index (Phi) is 4.67. The molecule has 0 amide bonds. The molecule has 3 heteroatoms. The van der Waals surface area contributed by atoms with E-state index in [0.29, 0.717) is 0 Å². The highest BCUT2D eigenvalue weighted by molar-refractivity contribution is 4.62. The minimum Gasteiger partial charge on any atom is -0.394 e. The molecule has 0 spiro atoms. The van der Waals surface area contributed by atoms with Gasteiger partial charge < -0.3 is 14.6 Å². The molecule has 0 heterocycles. The molecule has 1 N–H and O–H groups in total. The third-order valence-electron chi connectivity index (χ3n) is 1.38. The minimum absolute atomic E-state index is 0.00546. The molecule has 0 aliphatic heterocycles. The van der Waals surface area contributed by atoms with Gasteiger partial charge in [-0.1, -0.05) is 0 Å². The highest BCUT2D eigenvalue weighted by Crippen LogP contribution is 1.99. The van der Waals surface area contributed by atoms with Crippen molar-refractivity contribution in [1.82, 2.24) is 0 Å². The Labute approximate surface area is 55.6 Å². The molecular weight excluding hydrogens is 120 g/mol. The number of aliphatic hydroxyl groups is 1. The van der Waals surface area contributed by atoms with Crippen LogP contribution in [0.2, 0.25) is 0 Å². The normalized spacial score (nSPS) is 17.3. The van der Waals surface area contributed by atoms with Gasteiger partial charge in [-0.3, -0.25) is 0 Å². The monoisotopic (exact) mass is 134 g/mol. The van der Waals surface area contributed by atoms with Crippen molar-refractivity contribution >= 4 is 0 Å². The lowest BCUT2D eigenvalue weighted by molar-refractivity contribution is -0.0511. The van der Waals surface area contributed by atoms with E-state index in [0.717, 1.165) is 0 Å². The van der Waals surface area contributed by atoms with E-state index in [4.69, 9.17) is 14.6 Å². The molecule has 56 valence electrons. The summed E-state index contributed by atoms with van der Waals surface area (Å²) < 4.78 is 9.79. The van der Waals surface area contributed by atoms with Gasteiger partial charge in [-0.2, -0.15) is 0 Å². The zero-order chi connectivity index (χ0) is 7.28. The first-order chi connectivity index (χ1) is 4.26. The van der Waals surface area contributed by atoms with Crippen LogP contribution in [0.3, 0.4) is 0 Å². The SMILES string of the molecule is CO[C@@H](C)[C@H](CO)OC. The third kappa shape index (κ3) is 2.79. The Morgan fingerprint density at radius 1 is 1.33 bits per heavy atom. The van der Waals surface area contributed by atoms with Crippen LogP contribution in [0.25, 0.3) is 0 Å². The number of aliphatic hydroxyl groups excluding tert-OH is 1. The van der Waals surface area contributed by atoms with Crippen molar-refractivity contribution in [3.8, 4) is 0 Å². The molecule has 0 rings (SSSR count). The van der Waals surface area contributed by atoms with Crippen molar-refractivity contribution in [3.05, 3.63) is 0 Å². The molecule has 0 aromatic heterocycles. The largest absolute Gasteiger partial charge is 0.394 e. The van der Waals surface area contributed by atoms with Gasteiger partial charge in [-0.25, -0.2) is 0 Å². The molecule has 0 bridgehead atoms. The van der Waals surface area contributed by atoms with E-state index < -0.39 is 0 Å². The Morgan fingerprint density at radius 3 is 2.00 bits per heavy atom. The molecule has 0 radical (unpaired) electrons. The molecule has 0 saturated carbocycles. The summed E-state index contributed by atoms with van der Waals surface area (Å²) in [5, 5.41) is 8.62. The second kappa shape index (κ2) is 4.73. The first-order valence-electron chi connectivity index (χ1n) is 2.92. The van der Waals surface area contributed by atoms with Crippen LogP contribution in [0, 0.1) is 0 Å². The fourth-order valence-electron chi connectivity index (χ4n) is 0.566. The lowest BCUT2D eigenvalue weighted by Gasteiger charge is -2.18. The maximum Gasteiger partial charge on any atom is 0.106 e. The highest BCUT2D eigenvalue weighted by atomic mass is 16.5. The second-order valence-electron chi connectivity index (χ2n) is 1.90. The fourth-order valence-corrected chi connectivity index (χ4v) is 0.566. The number of ether oxygens (including phenoxy) is 2. The van der Waals surface area contributed by atoms with Crippen LogP contribution < -0.4 is 0 Å². The standard InChI is InChI=1S/C6H14O3/c1-5(8-2)6(4-7)9-3/h5-7H,4H2,1-3H3/t5-,6-/m0/s1. The summed E-state index contributed by atoms with van der Waals surface area (Å²) in [6.07, 6.45) is -0.241. The summed E-state index contributed by atoms with van der Waals surface area (Å²) in [7, 11) is 3.14. The number of methoxy groups -OCH3 is 2. The summed E-state index contributed by atoms with van der Waals surface area (Å²) in [6, 6.07) is 0. The quantitative estimate of drug-likeness (QED) is 0.589. The van der Waals surface area contributed by atoms with Gasteiger partial charge in [-0.05, 0) is 6.92 Å². The molecule has 0 aliphatic rings. The van der Waals surface area contributed by atoms with Crippen molar-refractivity contribution in [2.75, 3.05) is 20.8 Å². The summed E-state index contributed by atoms with van der Waals surface area (Å²) in [6.45, 7) is 1.86. The molecule has 0 aromatic carbocycles. The summed E-state index contributed by atoms with van der Waals surface area (Å²) >= 11 is 0. The van der Waals surface area contributed by atoms with Gasteiger partial charge in [0.1, 0.15) is 6.10 Å². The first-order valence-corrected chi connectivity index (χ1v) is 2.92. The van der Waals surface area contributed by atoms with E-state index in [2.05, 4.69) is 0 Å². The van der Waals surface area contributed by atoms with Gasteiger partial charge in [0.05, 0.1) is 12.7 Å². The predicted molar refractivity (Wildman–Crippen MR) is 34.4 cm³/mol. The van der Waals surface area contributed by atoms with Crippen molar-refractivity contribution in [2.45, 2.75) is 19.1 Å². The minimum atomic E-state index is -0.199. The molecule has 0 fully saturated rings. The van der Waals surface area contributed by atoms with Crippen molar-refractivity contribution in [1.29, 1.82) is 0 Å². The van der Waals surface area contributed by atoms with E-state index >= 15 is 0 Å². The van der Waals surface area contributed by atoms with Crippen molar-refractivity contribution in [2.24, 2.45) is 0 Å². The summed E-state index contributed by atoms with van der Waals surface area (Å²) in [5.41, 5.74) is 0. The Hall–Kier alpha value is -0.120. The zero-order valence-corrected chi connectivity index (χ0v) is 6.13. The number of hydrogen-bond acceptors (Lipinski definition) is 3. The van der Waals surface area contributed by atoms with Crippen LogP contribution in [0.5, 0.6) is 0 Å². The van der Waals surface area contributed by atoms with Crippen LogP contribution in [-0.4, -0.2) is 38.1 Å². The van der Waals surface area contributed by atoms with Crippen LogP contribution in [0.15, 0.2) is 0 Å². The van der Waals surface area contributed by atoms with Crippen LogP contribution in [-0.2, 0) is 9.47 Å². The molecule has 0 saturated heterocycles. The highest BCUT2D eigenvalue weighted by Gasteiger charge is 2.13.